The number of hydrogen-bond acceptors (Lipinski definition) is 3. The van der Waals surface area contributed by atoms with Crippen molar-refractivity contribution in [3.63, 3.8) is 0 Å². The molecule has 0 rings (SSSR count). The van der Waals surface area contributed by atoms with Gasteiger partial charge in [-0.3, -0.25) is 5.41 Å². The SMILES string of the molecule is N=C(NS)NS. The Morgan fingerprint density at radius 2 is 1.67 bits per heavy atom. The van der Waals surface area contributed by atoms with E-state index in [0.29, 0.717) is 0 Å². The zero-order chi connectivity index (χ0) is 4.99. The maximum atomic E-state index is 6.61. The molecule has 0 fully saturated rings. The Hall–Kier alpha value is -0.0300. The van der Waals surface area contributed by atoms with Crippen molar-refractivity contribution in [1.82, 2.24) is 9.44 Å². The molecular formula is CH5N3S2. The van der Waals surface area contributed by atoms with Crippen LogP contribution >= 0.6 is 25.6 Å². The molecule has 0 unspecified atom stereocenters. The Kier molecular flexibility index (Phi) is 3.16. The van der Waals surface area contributed by atoms with Crippen LogP contribution < -0.4 is 9.44 Å². The summed E-state index contributed by atoms with van der Waals surface area (Å²) in [7, 11) is 0. The third kappa shape index (κ3) is 2.22. The summed E-state index contributed by atoms with van der Waals surface area (Å²) < 4.78 is 4.41. The summed E-state index contributed by atoms with van der Waals surface area (Å²) in [5.41, 5.74) is 0. The van der Waals surface area contributed by atoms with Crippen molar-refractivity contribution < 1.29 is 0 Å². The molecule has 0 aromatic carbocycles. The van der Waals surface area contributed by atoms with Crippen LogP contribution in [0.4, 0.5) is 0 Å². The summed E-state index contributed by atoms with van der Waals surface area (Å²) in [5, 5.41) is 6.61. The van der Waals surface area contributed by atoms with Crippen molar-refractivity contribution in [2.75, 3.05) is 0 Å². The number of nitrogens with one attached hydrogen (secondary N) is 3. The summed E-state index contributed by atoms with van der Waals surface area (Å²) in [6.07, 6.45) is 0. The highest BCUT2D eigenvalue weighted by molar-refractivity contribution is 7.80. The van der Waals surface area contributed by atoms with Crippen LogP contribution in [-0.2, 0) is 0 Å². The van der Waals surface area contributed by atoms with Gasteiger partial charge in [-0.15, -0.1) is 0 Å². The summed E-state index contributed by atoms with van der Waals surface area (Å²) in [5.74, 6) is 0.0710. The third-order valence-electron chi connectivity index (χ3n) is 0.224. The number of rotatable bonds is 0. The molecule has 0 aliphatic carbocycles. The Morgan fingerprint density at radius 3 is 1.67 bits per heavy atom. The van der Waals surface area contributed by atoms with Gasteiger partial charge >= 0.3 is 0 Å². The first-order valence-corrected chi connectivity index (χ1v) is 2.09. The predicted molar refractivity (Wildman–Crippen MR) is 32.0 cm³/mol. The average Bonchev–Trinajstić information content (AvgIpc) is 1.65. The normalized spacial score (nSPS) is 7.00. The van der Waals surface area contributed by atoms with E-state index in [1.54, 1.807) is 0 Å². The van der Waals surface area contributed by atoms with E-state index in [1.165, 1.54) is 0 Å². The fraction of sp³-hybridized carbons (Fsp3) is 0. The molecule has 0 amide bonds. The van der Waals surface area contributed by atoms with Gasteiger partial charge < -0.3 is 9.44 Å². The molecule has 0 atom stereocenters. The van der Waals surface area contributed by atoms with Crippen LogP contribution in [0.25, 0.3) is 0 Å². The molecule has 0 radical (unpaired) electrons. The van der Waals surface area contributed by atoms with Crippen LogP contribution in [0.15, 0.2) is 0 Å². The largest absolute Gasteiger partial charge is 0.303 e. The molecule has 5 heteroatoms. The highest BCUT2D eigenvalue weighted by Crippen LogP contribution is 1.61. The first kappa shape index (κ1) is 5.97. The number of guanidine groups is 1. The molecular weight excluding hydrogens is 118 g/mol. The van der Waals surface area contributed by atoms with E-state index in [0.717, 1.165) is 0 Å². The molecule has 0 spiro atoms. The van der Waals surface area contributed by atoms with E-state index in [2.05, 4.69) is 35.1 Å². The molecule has 3 nitrogen and oxygen atoms in total. The first-order valence-electron chi connectivity index (χ1n) is 1.20. The van der Waals surface area contributed by atoms with Gasteiger partial charge in [-0.1, -0.05) is 25.6 Å². The second kappa shape index (κ2) is 3.17. The average molecular weight is 123 g/mol. The predicted octanol–water partition coefficient (Wildman–Crippen LogP) is -0.210. The minimum Gasteiger partial charge on any atom is -0.303 e. The van der Waals surface area contributed by atoms with Gasteiger partial charge in [-0.25, -0.2) is 0 Å². The van der Waals surface area contributed by atoms with Crippen LogP contribution in [0, 0.1) is 5.41 Å². The second-order valence-corrected chi connectivity index (χ2v) is 1.05. The lowest BCUT2D eigenvalue weighted by atomic mass is 11.1. The van der Waals surface area contributed by atoms with E-state index in [9.17, 15) is 0 Å². The maximum absolute atomic E-state index is 6.61. The van der Waals surface area contributed by atoms with Crippen molar-refractivity contribution in [2.24, 2.45) is 0 Å². The fourth-order valence-electron chi connectivity index (χ4n) is 0.0250. The molecule has 36 valence electrons. The molecule has 0 heterocycles. The topological polar surface area (TPSA) is 47.9 Å². The van der Waals surface area contributed by atoms with Gasteiger partial charge in [0, 0.05) is 0 Å². The van der Waals surface area contributed by atoms with Gasteiger partial charge in [0.15, 0.2) is 0 Å². The van der Waals surface area contributed by atoms with Crippen LogP contribution in [0.3, 0.4) is 0 Å². The zero-order valence-corrected chi connectivity index (χ0v) is 4.68. The van der Waals surface area contributed by atoms with E-state index in [4.69, 9.17) is 5.41 Å². The molecule has 0 aromatic heterocycles. The van der Waals surface area contributed by atoms with Crippen LogP contribution in [0.1, 0.15) is 0 Å². The van der Waals surface area contributed by atoms with Crippen molar-refractivity contribution >= 4 is 31.6 Å². The molecule has 0 aliphatic rings. The zero-order valence-electron chi connectivity index (χ0n) is 2.89. The van der Waals surface area contributed by atoms with Crippen LogP contribution in [-0.4, -0.2) is 5.96 Å². The van der Waals surface area contributed by atoms with Gasteiger partial charge in [0.25, 0.3) is 0 Å². The van der Waals surface area contributed by atoms with E-state index >= 15 is 0 Å². The Morgan fingerprint density at radius 1 is 1.33 bits per heavy atom. The summed E-state index contributed by atoms with van der Waals surface area (Å²) in [4.78, 5) is 0. The first-order chi connectivity index (χ1) is 2.81. The van der Waals surface area contributed by atoms with Gasteiger partial charge in [0.1, 0.15) is 0 Å². The summed E-state index contributed by atoms with van der Waals surface area (Å²) >= 11 is 7.02. The molecule has 0 saturated carbocycles. The van der Waals surface area contributed by atoms with Gasteiger partial charge in [-0.2, -0.15) is 0 Å². The van der Waals surface area contributed by atoms with Gasteiger partial charge in [0.2, 0.25) is 5.96 Å². The monoisotopic (exact) mass is 123 g/mol. The van der Waals surface area contributed by atoms with Crippen molar-refractivity contribution in [3.8, 4) is 0 Å². The number of thiol groups is 2. The lowest BCUT2D eigenvalue weighted by Gasteiger charge is -1.93. The summed E-state index contributed by atoms with van der Waals surface area (Å²) in [6.45, 7) is 0. The minimum atomic E-state index is 0.0710. The minimum absolute atomic E-state index is 0.0710. The fourth-order valence-corrected chi connectivity index (χ4v) is 0.225. The highest BCUT2D eigenvalue weighted by Gasteiger charge is 1.77. The molecule has 0 aromatic rings. The van der Waals surface area contributed by atoms with Crippen LogP contribution in [0.2, 0.25) is 0 Å². The molecule has 0 bridgehead atoms. The second-order valence-electron chi connectivity index (χ2n) is 0.599. The Bertz CT molecular complexity index is 46.8. The Balaban J connectivity index is 2.99. The van der Waals surface area contributed by atoms with E-state index in [1.807, 2.05) is 0 Å². The third-order valence-corrected chi connectivity index (χ3v) is 0.671. The smallest absolute Gasteiger partial charge is 0.208 e. The maximum Gasteiger partial charge on any atom is 0.208 e. The lowest BCUT2D eigenvalue weighted by Crippen LogP contribution is -2.22. The Labute approximate surface area is 47.1 Å². The van der Waals surface area contributed by atoms with Gasteiger partial charge in [0.05, 0.1) is 0 Å². The quantitative estimate of drug-likeness (QED) is 0.176. The van der Waals surface area contributed by atoms with E-state index < -0.39 is 0 Å². The van der Waals surface area contributed by atoms with Gasteiger partial charge in [-0.05, 0) is 0 Å². The van der Waals surface area contributed by atoms with E-state index in [-0.39, 0.29) is 5.96 Å². The van der Waals surface area contributed by atoms with Crippen molar-refractivity contribution in [2.45, 2.75) is 0 Å². The molecule has 6 heavy (non-hydrogen) atoms. The molecule has 0 saturated heterocycles. The molecule has 3 N–H and O–H groups in total. The number of hydrogen-bond donors (Lipinski definition) is 5. The summed E-state index contributed by atoms with van der Waals surface area (Å²) in [6, 6.07) is 0. The highest BCUT2D eigenvalue weighted by atomic mass is 32.1. The molecule has 0 aliphatic heterocycles. The standard InChI is InChI=1S/CH5N3S2/c2-1(3-5)4-6/h5-6H,(H3,2,3,4). The van der Waals surface area contributed by atoms with Crippen molar-refractivity contribution in [1.29, 1.82) is 5.41 Å². The lowest BCUT2D eigenvalue weighted by molar-refractivity contribution is 1.28. The van der Waals surface area contributed by atoms with Crippen LogP contribution in [0.5, 0.6) is 0 Å². The van der Waals surface area contributed by atoms with Crippen molar-refractivity contribution in [3.05, 3.63) is 0 Å².